The molecule has 1 aromatic rings. The SMILES string of the molecule is Cc1cccc(O)c1C=CCS. The lowest BCUT2D eigenvalue weighted by atomic mass is 10.1. The third kappa shape index (κ3) is 2.05. The highest BCUT2D eigenvalue weighted by molar-refractivity contribution is 7.80. The van der Waals surface area contributed by atoms with Gasteiger partial charge in [-0.05, 0) is 18.6 Å². The molecular weight excluding hydrogens is 168 g/mol. The zero-order valence-electron chi connectivity index (χ0n) is 6.99. The Morgan fingerprint density at radius 3 is 2.83 bits per heavy atom. The molecule has 1 rings (SSSR count). The van der Waals surface area contributed by atoms with Gasteiger partial charge in [0.15, 0.2) is 0 Å². The molecule has 1 aromatic carbocycles. The number of aryl methyl sites for hydroxylation is 1. The van der Waals surface area contributed by atoms with Crippen LogP contribution in [0.2, 0.25) is 0 Å². The molecule has 0 bridgehead atoms. The van der Waals surface area contributed by atoms with Crippen molar-refractivity contribution in [2.24, 2.45) is 0 Å². The first-order valence-corrected chi connectivity index (χ1v) is 4.45. The maximum Gasteiger partial charge on any atom is 0.123 e. The zero-order valence-corrected chi connectivity index (χ0v) is 7.88. The van der Waals surface area contributed by atoms with Crippen LogP contribution in [0.4, 0.5) is 0 Å². The molecule has 64 valence electrons. The van der Waals surface area contributed by atoms with Crippen LogP contribution >= 0.6 is 12.6 Å². The Balaban J connectivity index is 3.04. The molecule has 0 saturated heterocycles. The summed E-state index contributed by atoms with van der Waals surface area (Å²) in [6, 6.07) is 5.49. The van der Waals surface area contributed by atoms with Crippen molar-refractivity contribution in [2.45, 2.75) is 6.92 Å². The Kier molecular flexibility index (Phi) is 3.23. The number of thiol groups is 1. The van der Waals surface area contributed by atoms with Gasteiger partial charge in [0.05, 0.1) is 0 Å². The predicted octanol–water partition coefficient (Wildman–Crippen LogP) is 2.64. The molecule has 1 nitrogen and oxygen atoms in total. The fraction of sp³-hybridized carbons (Fsp3) is 0.200. The first-order chi connectivity index (χ1) is 5.75. The Hall–Kier alpha value is -0.890. The van der Waals surface area contributed by atoms with E-state index < -0.39 is 0 Å². The Morgan fingerprint density at radius 2 is 2.25 bits per heavy atom. The molecule has 0 spiro atoms. The maximum absolute atomic E-state index is 9.44. The van der Waals surface area contributed by atoms with E-state index in [1.807, 2.05) is 31.2 Å². The van der Waals surface area contributed by atoms with E-state index in [4.69, 9.17) is 0 Å². The van der Waals surface area contributed by atoms with Gasteiger partial charge in [0.2, 0.25) is 0 Å². The quantitative estimate of drug-likeness (QED) is 0.670. The molecule has 1 N–H and O–H groups in total. The van der Waals surface area contributed by atoms with Crippen LogP contribution in [0.1, 0.15) is 11.1 Å². The highest BCUT2D eigenvalue weighted by Gasteiger charge is 1.98. The summed E-state index contributed by atoms with van der Waals surface area (Å²) in [6.07, 6.45) is 3.79. The number of hydrogen-bond donors (Lipinski definition) is 2. The van der Waals surface area contributed by atoms with Gasteiger partial charge in [0, 0.05) is 11.3 Å². The largest absolute Gasteiger partial charge is 0.507 e. The van der Waals surface area contributed by atoms with Crippen LogP contribution in [-0.2, 0) is 0 Å². The van der Waals surface area contributed by atoms with Gasteiger partial charge < -0.3 is 5.11 Å². The highest BCUT2D eigenvalue weighted by atomic mass is 32.1. The van der Waals surface area contributed by atoms with Crippen molar-refractivity contribution >= 4 is 18.7 Å². The number of phenols is 1. The molecule has 2 heteroatoms. The van der Waals surface area contributed by atoms with Crippen molar-refractivity contribution in [1.29, 1.82) is 0 Å². The first-order valence-electron chi connectivity index (χ1n) is 3.81. The second-order valence-corrected chi connectivity index (χ2v) is 2.96. The lowest BCUT2D eigenvalue weighted by Gasteiger charge is -2.01. The van der Waals surface area contributed by atoms with E-state index in [-0.39, 0.29) is 0 Å². The monoisotopic (exact) mass is 180 g/mol. The number of benzene rings is 1. The molecule has 0 aromatic heterocycles. The second-order valence-electron chi connectivity index (χ2n) is 2.59. The summed E-state index contributed by atoms with van der Waals surface area (Å²) in [4.78, 5) is 0. The molecule has 0 fully saturated rings. The zero-order chi connectivity index (χ0) is 8.97. The summed E-state index contributed by atoms with van der Waals surface area (Å²) in [5.74, 6) is 1.02. The van der Waals surface area contributed by atoms with E-state index in [2.05, 4.69) is 12.6 Å². The van der Waals surface area contributed by atoms with Gasteiger partial charge in [-0.1, -0.05) is 24.3 Å². The summed E-state index contributed by atoms with van der Waals surface area (Å²) in [6.45, 7) is 1.97. The summed E-state index contributed by atoms with van der Waals surface area (Å²) >= 11 is 4.05. The molecule has 12 heavy (non-hydrogen) atoms. The van der Waals surface area contributed by atoms with Gasteiger partial charge in [-0.2, -0.15) is 12.6 Å². The standard InChI is InChI=1S/C10H12OS/c1-8-4-2-6-10(11)9(8)5-3-7-12/h2-6,11-12H,7H2,1H3. The summed E-state index contributed by atoms with van der Waals surface area (Å²) < 4.78 is 0. The van der Waals surface area contributed by atoms with Crippen LogP contribution in [-0.4, -0.2) is 10.9 Å². The van der Waals surface area contributed by atoms with Gasteiger partial charge in [0.25, 0.3) is 0 Å². The number of rotatable bonds is 2. The van der Waals surface area contributed by atoms with E-state index in [0.29, 0.717) is 11.5 Å². The fourth-order valence-electron chi connectivity index (χ4n) is 1.05. The Morgan fingerprint density at radius 1 is 1.50 bits per heavy atom. The molecular formula is C10H12OS. The van der Waals surface area contributed by atoms with E-state index in [9.17, 15) is 5.11 Å². The van der Waals surface area contributed by atoms with E-state index in [1.54, 1.807) is 6.07 Å². The number of phenolic OH excluding ortho intramolecular Hbond substituents is 1. The molecule has 0 aliphatic carbocycles. The summed E-state index contributed by atoms with van der Waals surface area (Å²) in [5, 5.41) is 9.44. The molecule has 0 heterocycles. The van der Waals surface area contributed by atoms with E-state index >= 15 is 0 Å². The molecule has 0 aliphatic rings. The van der Waals surface area contributed by atoms with Crippen molar-refractivity contribution in [3.8, 4) is 5.75 Å². The third-order valence-electron chi connectivity index (χ3n) is 1.69. The van der Waals surface area contributed by atoms with E-state index in [0.717, 1.165) is 11.1 Å². The number of hydrogen-bond acceptors (Lipinski definition) is 2. The van der Waals surface area contributed by atoms with Gasteiger partial charge in [0.1, 0.15) is 5.75 Å². The van der Waals surface area contributed by atoms with Crippen molar-refractivity contribution in [3.05, 3.63) is 35.4 Å². The minimum Gasteiger partial charge on any atom is -0.507 e. The lowest BCUT2D eigenvalue weighted by Crippen LogP contribution is -1.80. The third-order valence-corrected chi connectivity index (χ3v) is 1.90. The molecule has 0 amide bonds. The smallest absolute Gasteiger partial charge is 0.123 e. The van der Waals surface area contributed by atoms with Crippen LogP contribution in [0.15, 0.2) is 24.3 Å². The van der Waals surface area contributed by atoms with Crippen LogP contribution in [0.5, 0.6) is 5.75 Å². The second kappa shape index (κ2) is 4.21. The number of aromatic hydroxyl groups is 1. The maximum atomic E-state index is 9.44. The molecule has 0 atom stereocenters. The highest BCUT2D eigenvalue weighted by Crippen LogP contribution is 2.21. The van der Waals surface area contributed by atoms with Crippen molar-refractivity contribution < 1.29 is 5.11 Å². The molecule has 0 saturated carbocycles. The topological polar surface area (TPSA) is 20.2 Å². The minimum atomic E-state index is 0.327. The molecule has 0 radical (unpaired) electrons. The Bertz CT molecular complexity index is 272. The average Bonchev–Trinajstić information content (AvgIpc) is 2.04. The van der Waals surface area contributed by atoms with E-state index in [1.165, 1.54) is 0 Å². The van der Waals surface area contributed by atoms with Crippen molar-refractivity contribution in [2.75, 3.05) is 5.75 Å². The van der Waals surface area contributed by atoms with Crippen LogP contribution < -0.4 is 0 Å². The summed E-state index contributed by atoms with van der Waals surface area (Å²) in [7, 11) is 0. The van der Waals surface area contributed by atoms with Crippen LogP contribution in [0, 0.1) is 6.92 Å². The molecule has 0 unspecified atom stereocenters. The van der Waals surface area contributed by atoms with Crippen molar-refractivity contribution in [1.82, 2.24) is 0 Å². The predicted molar refractivity (Wildman–Crippen MR) is 55.7 cm³/mol. The minimum absolute atomic E-state index is 0.327. The van der Waals surface area contributed by atoms with Gasteiger partial charge in [-0.3, -0.25) is 0 Å². The normalized spacial score (nSPS) is 10.8. The lowest BCUT2D eigenvalue weighted by molar-refractivity contribution is 0.473. The summed E-state index contributed by atoms with van der Waals surface area (Å²) in [5.41, 5.74) is 1.96. The average molecular weight is 180 g/mol. The van der Waals surface area contributed by atoms with Gasteiger partial charge >= 0.3 is 0 Å². The van der Waals surface area contributed by atoms with Crippen LogP contribution in [0.25, 0.3) is 6.08 Å². The first kappa shape index (κ1) is 9.20. The van der Waals surface area contributed by atoms with Crippen LogP contribution in [0.3, 0.4) is 0 Å². The Labute approximate surface area is 78.2 Å². The van der Waals surface area contributed by atoms with Gasteiger partial charge in [-0.15, -0.1) is 0 Å². The van der Waals surface area contributed by atoms with Gasteiger partial charge in [-0.25, -0.2) is 0 Å². The molecule has 0 aliphatic heterocycles. The van der Waals surface area contributed by atoms with Crippen molar-refractivity contribution in [3.63, 3.8) is 0 Å². The fourth-order valence-corrected chi connectivity index (χ4v) is 1.16.